The molecule has 0 aromatic heterocycles. The molecule has 0 aliphatic rings. The van der Waals surface area contributed by atoms with Gasteiger partial charge in [-0.3, -0.25) is 4.79 Å². The molecule has 0 fully saturated rings. The van der Waals surface area contributed by atoms with Gasteiger partial charge in [0.05, 0.1) is 12.3 Å². The number of nitrogens with one attached hydrogen (secondary N) is 2. The van der Waals surface area contributed by atoms with Crippen LogP contribution < -0.4 is 15.4 Å². The van der Waals surface area contributed by atoms with Crippen molar-refractivity contribution in [1.82, 2.24) is 0 Å². The SMILES string of the molecule is CCCOc1ccccc1NC(=O)c1cccc(CNc2ccccc2CC)c1. The quantitative estimate of drug-likeness (QED) is 0.480. The summed E-state index contributed by atoms with van der Waals surface area (Å²) in [6.45, 7) is 5.48. The molecule has 0 saturated carbocycles. The number of anilines is 2. The van der Waals surface area contributed by atoms with Gasteiger partial charge >= 0.3 is 0 Å². The summed E-state index contributed by atoms with van der Waals surface area (Å²) in [6.07, 6.45) is 1.89. The summed E-state index contributed by atoms with van der Waals surface area (Å²) in [5, 5.41) is 6.45. The van der Waals surface area contributed by atoms with Crippen molar-refractivity contribution in [3.8, 4) is 5.75 Å². The number of para-hydroxylation sites is 3. The van der Waals surface area contributed by atoms with E-state index in [9.17, 15) is 4.79 Å². The third-order valence-electron chi connectivity index (χ3n) is 4.67. The van der Waals surface area contributed by atoms with Gasteiger partial charge in [0.1, 0.15) is 5.75 Å². The molecule has 0 unspecified atom stereocenters. The van der Waals surface area contributed by atoms with Crippen LogP contribution in [0.2, 0.25) is 0 Å². The lowest BCUT2D eigenvalue weighted by atomic mass is 10.1. The Labute approximate surface area is 172 Å². The Balaban J connectivity index is 1.68. The molecule has 150 valence electrons. The Morgan fingerprint density at radius 3 is 2.45 bits per heavy atom. The number of ether oxygens (including phenoxy) is 1. The smallest absolute Gasteiger partial charge is 0.255 e. The van der Waals surface area contributed by atoms with Gasteiger partial charge in [0.15, 0.2) is 0 Å². The van der Waals surface area contributed by atoms with Crippen molar-refractivity contribution < 1.29 is 9.53 Å². The van der Waals surface area contributed by atoms with E-state index in [1.165, 1.54) is 5.56 Å². The Bertz CT molecular complexity index is 953. The monoisotopic (exact) mass is 388 g/mol. The van der Waals surface area contributed by atoms with Crippen LogP contribution in [0.4, 0.5) is 11.4 Å². The summed E-state index contributed by atoms with van der Waals surface area (Å²) in [5.41, 5.74) is 4.78. The van der Waals surface area contributed by atoms with Gasteiger partial charge in [0.2, 0.25) is 0 Å². The molecule has 0 bridgehead atoms. The molecule has 0 spiro atoms. The van der Waals surface area contributed by atoms with Crippen molar-refractivity contribution >= 4 is 17.3 Å². The number of hydrogen-bond acceptors (Lipinski definition) is 3. The van der Waals surface area contributed by atoms with Crippen LogP contribution in [-0.2, 0) is 13.0 Å². The van der Waals surface area contributed by atoms with Crippen LogP contribution in [0.5, 0.6) is 5.75 Å². The number of rotatable bonds is 9. The van der Waals surface area contributed by atoms with E-state index in [1.807, 2.05) is 54.6 Å². The highest BCUT2D eigenvalue weighted by atomic mass is 16.5. The number of carbonyl (C=O) groups is 1. The zero-order chi connectivity index (χ0) is 20.5. The minimum absolute atomic E-state index is 0.145. The number of carbonyl (C=O) groups excluding carboxylic acids is 1. The van der Waals surface area contributed by atoms with Crippen molar-refractivity contribution in [2.24, 2.45) is 0 Å². The Morgan fingerprint density at radius 1 is 0.897 bits per heavy atom. The van der Waals surface area contributed by atoms with Gasteiger partial charge in [-0.15, -0.1) is 0 Å². The van der Waals surface area contributed by atoms with Gasteiger partial charge in [0, 0.05) is 17.8 Å². The van der Waals surface area contributed by atoms with E-state index < -0.39 is 0 Å². The van der Waals surface area contributed by atoms with Gasteiger partial charge in [-0.05, 0) is 54.3 Å². The maximum absolute atomic E-state index is 12.8. The average Bonchev–Trinajstić information content (AvgIpc) is 2.77. The lowest BCUT2D eigenvalue weighted by molar-refractivity contribution is 0.102. The summed E-state index contributed by atoms with van der Waals surface area (Å²) >= 11 is 0. The van der Waals surface area contributed by atoms with Crippen molar-refractivity contribution in [2.75, 3.05) is 17.2 Å². The molecule has 0 aliphatic heterocycles. The summed E-state index contributed by atoms with van der Waals surface area (Å²) in [4.78, 5) is 12.8. The first-order chi connectivity index (χ1) is 14.2. The first-order valence-electron chi connectivity index (χ1n) is 10.1. The molecule has 0 atom stereocenters. The van der Waals surface area contributed by atoms with Gasteiger partial charge in [-0.25, -0.2) is 0 Å². The van der Waals surface area contributed by atoms with E-state index >= 15 is 0 Å². The molecule has 4 heteroatoms. The molecule has 3 rings (SSSR count). The lowest BCUT2D eigenvalue weighted by Crippen LogP contribution is -2.13. The first kappa shape index (κ1) is 20.5. The molecule has 0 saturated heterocycles. The summed E-state index contributed by atoms with van der Waals surface area (Å²) in [6, 6.07) is 23.5. The van der Waals surface area contributed by atoms with Crippen LogP contribution in [-0.4, -0.2) is 12.5 Å². The summed E-state index contributed by atoms with van der Waals surface area (Å²) in [7, 11) is 0. The second-order valence-electron chi connectivity index (χ2n) is 6.86. The number of benzene rings is 3. The van der Waals surface area contributed by atoms with Crippen LogP contribution in [0.1, 0.15) is 41.8 Å². The van der Waals surface area contributed by atoms with Crippen LogP contribution in [0, 0.1) is 0 Å². The highest BCUT2D eigenvalue weighted by molar-refractivity contribution is 6.05. The molecule has 29 heavy (non-hydrogen) atoms. The van der Waals surface area contributed by atoms with E-state index in [0.29, 0.717) is 30.2 Å². The zero-order valence-corrected chi connectivity index (χ0v) is 17.1. The second-order valence-corrected chi connectivity index (χ2v) is 6.86. The fraction of sp³-hybridized carbons (Fsp3) is 0.240. The fourth-order valence-electron chi connectivity index (χ4n) is 3.12. The lowest BCUT2D eigenvalue weighted by Gasteiger charge is -2.13. The first-order valence-corrected chi connectivity index (χ1v) is 10.1. The molecule has 4 nitrogen and oxygen atoms in total. The topological polar surface area (TPSA) is 50.4 Å². The molecular formula is C25H28N2O2. The van der Waals surface area contributed by atoms with E-state index in [4.69, 9.17) is 4.74 Å². The van der Waals surface area contributed by atoms with E-state index in [2.05, 4.69) is 42.7 Å². The average molecular weight is 389 g/mol. The van der Waals surface area contributed by atoms with Crippen LogP contribution in [0.25, 0.3) is 0 Å². The van der Waals surface area contributed by atoms with Crippen molar-refractivity contribution in [3.05, 3.63) is 89.5 Å². The number of hydrogen-bond donors (Lipinski definition) is 2. The molecule has 0 radical (unpaired) electrons. The Morgan fingerprint density at radius 2 is 1.66 bits per heavy atom. The van der Waals surface area contributed by atoms with Gasteiger partial charge in [-0.2, -0.15) is 0 Å². The Kier molecular flexibility index (Phi) is 7.28. The zero-order valence-electron chi connectivity index (χ0n) is 17.1. The predicted octanol–water partition coefficient (Wildman–Crippen LogP) is 5.90. The largest absolute Gasteiger partial charge is 0.491 e. The summed E-state index contributed by atoms with van der Waals surface area (Å²) in [5.74, 6) is 0.546. The molecule has 1 amide bonds. The minimum Gasteiger partial charge on any atom is -0.491 e. The van der Waals surface area contributed by atoms with Crippen molar-refractivity contribution in [3.63, 3.8) is 0 Å². The fourth-order valence-corrected chi connectivity index (χ4v) is 3.12. The molecule has 3 aromatic carbocycles. The number of aryl methyl sites for hydroxylation is 1. The van der Waals surface area contributed by atoms with Gasteiger partial charge in [0.25, 0.3) is 5.91 Å². The molecule has 0 heterocycles. The highest BCUT2D eigenvalue weighted by Crippen LogP contribution is 2.25. The number of amides is 1. The standard InChI is InChI=1S/C25H28N2O2/c1-3-16-29-24-15-8-7-14-23(24)27-25(28)21-12-9-10-19(17-21)18-26-22-13-6-5-11-20(22)4-2/h5-15,17,26H,3-4,16,18H2,1-2H3,(H,27,28). The highest BCUT2D eigenvalue weighted by Gasteiger charge is 2.10. The molecule has 2 N–H and O–H groups in total. The third kappa shape index (κ3) is 5.61. The maximum Gasteiger partial charge on any atom is 0.255 e. The predicted molar refractivity (Wildman–Crippen MR) is 120 cm³/mol. The Hall–Kier alpha value is -3.27. The van der Waals surface area contributed by atoms with Crippen LogP contribution >= 0.6 is 0 Å². The van der Waals surface area contributed by atoms with Crippen molar-refractivity contribution in [2.45, 2.75) is 33.2 Å². The molecule has 0 aliphatic carbocycles. The van der Waals surface area contributed by atoms with Gasteiger partial charge in [-0.1, -0.05) is 56.3 Å². The molecule has 3 aromatic rings. The van der Waals surface area contributed by atoms with Crippen LogP contribution in [0.3, 0.4) is 0 Å². The van der Waals surface area contributed by atoms with Crippen molar-refractivity contribution in [1.29, 1.82) is 0 Å². The van der Waals surface area contributed by atoms with E-state index in [-0.39, 0.29) is 5.91 Å². The second kappa shape index (κ2) is 10.3. The van der Waals surface area contributed by atoms with E-state index in [1.54, 1.807) is 0 Å². The van der Waals surface area contributed by atoms with Gasteiger partial charge < -0.3 is 15.4 Å². The summed E-state index contributed by atoms with van der Waals surface area (Å²) < 4.78 is 5.73. The minimum atomic E-state index is -0.145. The maximum atomic E-state index is 12.8. The van der Waals surface area contributed by atoms with E-state index in [0.717, 1.165) is 24.1 Å². The third-order valence-corrected chi connectivity index (χ3v) is 4.67. The normalized spacial score (nSPS) is 10.4. The van der Waals surface area contributed by atoms with Crippen LogP contribution in [0.15, 0.2) is 72.8 Å². The molecular weight excluding hydrogens is 360 g/mol.